The maximum absolute atomic E-state index is 14.9. The maximum Gasteiger partial charge on any atom is 0.187 e. The van der Waals surface area contributed by atoms with Crippen LogP contribution in [0.3, 0.4) is 0 Å². The van der Waals surface area contributed by atoms with Crippen molar-refractivity contribution in [2.75, 3.05) is 30.1 Å². The summed E-state index contributed by atoms with van der Waals surface area (Å²) in [6.45, 7) is 1.41. The largest absolute Gasteiger partial charge is 0.396 e. The van der Waals surface area contributed by atoms with E-state index in [0.29, 0.717) is 41.7 Å². The number of thiazole rings is 1. The molecular formula is C20H20FN5OS2. The molecule has 2 aromatic heterocycles. The molecule has 0 amide bonds. The van der Waals surface area contributed by atoms with Gasteiger partial charge in [0.1, 0.15) is 0 Å². The third-order valence-corrected chi connectivity index (χ3v) is 7.06. The molecular weight excluding hydrogens is 409 g/mol. The highest BCUT2D eigenvalue weighted by Crippen LogP contribution is 2.44. The number of benzene rings is 1. The van der Waals surface area contributed by atoms with Gasteiger partial charge in [-0.25, -0.2) is 19.3 Å². The number of fused-ring (bicyclic) bond motifs is 2. The molecule has 1 aromatic carbocycles. The van der Waals surface area contributed by atoms with Crippen LogP contribution < -0.4 is 10.6 Å². The second-order valence-corrected chi connectivity index (χ2v) is 8.89. The highest BCUT2D eigenvalue weighted by Gasteiger charge is 2.39. The van der Waals surface area contributed by atoms with Crippen LogP contribution in [0.15, 0.2) is 35.6 Å². The van der Waals surface area contributed by atoms with E-state index in [-0.39, 0.29) is 5.69 Å². The maximum atomic E-state index is 14.9. The van der Waals surface area contributed by atoms with E-state index in [1.54, 1.807) is 35.7 Å². The zero-order valence-corrected chi connectivity index (χ0v) is 17.5. The Labute approximate surface area is 176 Å². The number of rotatable bonds is 4. The number of aromatic nitrogens is 3. The highest BCUT2D eigenvalue weighted by molar-refractivity contribution is 7.98. The number of hydrogen-bond acceptors (Lipinski definition) is 8. The number of anilines is 2. The monoisotopic (exact) mass is 429 g/mol. The quantitative estimate of drug-likeness (QED) is 0.380. The molecule has 3 aromatic rings. The lowest BCUT2D eigenvalue weighted by Gasteiger charge is -2.34. The molecule has 2 aliphatic heterocycles. The molecule has 0 radical (unpaired) electrons. The van der Waals surface area contributed by atoms with Gasteiger partial charge in [0.2, 0.25) is 0 Å². The second kappa shape index (κ2) is 7.55. The van der Waals surface area contributed by atoms with Crippen molar-refractivity contribution in [1.29, 1.82) is 0 Å². The SMILES string of the molecule is CSc1nccc(-c2sc(N3C4CCC3COC4)nc2-c2cccc(N)c2F)n1. The van der Waals surface area contributed by atoms with Crippen LogP contribution in [0.5, 0.6) is 0 Å². The fraction of sp³-hybridized carbons (Fsp3) is 0.350. The Morgan fingerprint density at radius 3 is 2.76 bits per heavy atom. The summed E-state index contributed by atoms with van der Waals surface area (Å²) in [6, 6.07) is 7.52. The van der Waals surface area contributed by atoms with Crippen molar-refractivity contribution in [3.63, 3.8) is 0 Å². The van der Waals surface area contributed by atoms with Crippen LogP contribution in [0, 0.1) is 5.82 Å². The van der Waals surface area contributed by atoms with Gasteiger partial charge >= 0.3 is 0 Å². The van der Waals surface area contributed by atoms with E-state index in [1.165, 1.54) is 11.8 Å². The lowest BCUT2D eigenvalue weighted by Crippen LogP contribution is -2.45. The smallest absolute Gasteiger partial charge is 0.187 e. The Balaban J connectivity index is 1.68. The Morgan fingerprint density at radius 2 is 2.00 bits per heavy atom. The predicted molar refractivity (Wildman–Crippen MR) is 115 cm³/mol. The van der Waals surface area contributed by atoms with Crippen LogP contribution in [0.25, 0.3) is 21.8 Å². The van der Waals surface area contributed by atoms with Crippen LogP contribution >= 0.6 is 23.1 Å². The first-order valence-corrected chi connectivity index (χ1v) is 11.5. The number of nitrogens with zero attached hydrogens (tertiary/aromatic N) is 4. The molecule has 2 bridgehead atoms. The topological polar surface area (TPSA) is 77.2 Å². The first kappa shape index (κ1) is 18.8. The van der Waals surface area contributed by atoms with E-state index in [0.717, 1.165) is 28.5 Å². The standard InChI is InChI=1S/C20H20FN5OS2/c1-28-19-23-8-7-15(24-19)18-17(13-3-2-4-14(22)16(13)21)25-20(29-18)26-11-5-6-12(26)10-27-9-11/h2-4,7-8,11-12H,5-6,9-10,22H2,1H3. The molecule has 0 saturated carbocycles. The molecule has 2 aliphatic rings. The van der Waals surface area contributed by atoms with Gasteiger partial charge in [-0.15, -0.1) is 0 Å². The Hall–Kier alpha value is -2.23. The molecule has 9 heteroatoms. The first-order valence-electron chi connectivity index (χ1n) is 9.44. The van der Waals surface area contributed by atoms with Gasteiger partial charge in [-0.1, -0.05) is 29.2 Å². The minimum Gasteiger partial charge on any atom is -0.396 e. The summed E-state index contributed by atoms with van der Waals surface area (Å²) in [4.78, 5) is 17.0. The molecule has 6 nitrogen and oxygen atoms in total. The fourth-order valence-corrected chi connectivity index (χ4v) is 5.56. The molecule has 5 rings (SSSR count). The summed E-state index contributed by atoms with van der Waals surface area (Å²) < 4.78 is 20.6. The number of thioether (sulfide) groups is 1. The second-order valence-electron chi connectivity index (χ2n) is 7.14. The van der Waals surface area contributed by atoms with Gasteiger partial charge in [0.05, 0.1) is 47.2 Å². The Bertz CT molecular complexity index is 1040. The van der Waals surface area contributed by atoms with E-state index in [9.17, 15) is 4.39 Å². The molecule has 2 N–H and O–H groups in total. The van der Waals surface area contributed by atoms with Crippen molar-refractivity contribution in [2.24, 2.45) is 0 Å². The molecule has 2 fully saturated rings. The lowest BCUT2D eigenvalue weighted by molar-refractivity contribution is 0.0906. The average molecular weight is 430 g/mol. The number of halogens is 1. The van der Waals surface area contributed by atoms with Crippen LogP contribution in [0.2, 0.25) is 0 Å². The molecule has 150 valence electrons. The summed E-state index contributed by atoms with van der Waals surface area (Å²) in [7, 11) is 0. The Kier molecular flexibility index (Phi) is 4.89. The predicted octanol–water partition coefficient (Wildman–Crippen LogP) is 4.08. The van der Waals surface area contributed by atoms with Gasteiger partial charge < -0.3 is 15.4 Å². The van der Waals surface area contributed by atoms with Gasteiger partial charge in [-0.2, -0.15) is 0 Å². The van der Waals surface area contributed by atoms with Crippen LogP contribution in [0.1, 0.15) is 12.8 Å². The zero-order chi connectivity index (χ0) is 20.0. The third-order valence-electron chi connectivity index (χ3n) is 5.41. The van der Waals surface area contributed by atoms with Crippen LogP contribution in [0.4, 0.5) is 15.2 Å². The number of ether oxygens (including phenoxy) is 1. The minimum absolute atomic E-state index is 0.113. The summed E-state index contributed by atoms with van der Waals surface area (Å²) in [5.74, 6) is -0.449. The summed E-state index contributed by atoms with van der Waals surface area (Å²) in [6.07, 6.45) is 5.84. The average Bonchev–Trinajstić information content (AvgIpc) is 3.28. The van der Waals surface area contributed by atoms with Crippen molar-refractivity contribution >= 4 is 33.9 Å². The normalized spacial score (nSPS) is 21.0. The van der Waals surface area contributed by atoms with E-state index < -0.39 is 5.82 Å². The van der Waals surface area contributed by atoms with Crippen LogP contribution in [-0.2, 0) is 4.74 Å². The van der Waals surface area contributed by atoms with Gasteiger partial charge in [0.15, 0.2) is 16.1 Å². The van der Waals surface area contributed by atoms with Gasteiger partial charge in [-0.3, -0.25) is 0 Å². The summed E-state index contributed by atoms with van der Waals surface area (Å²) in [5, 5.41) is 1.56. The third kappa shape index (κ3) is 3.27. The van der Waals surface area contributed by atoms with E-state index in [4.69, 9.17) is 15.5 Å². The van der Waals surface area contributed by atoms with E-state index in [1.807, 2.05) is 12.3 Å². The van der Waals surface area contributed by atoms with Gasteiger partial charge in [0.25, 0.3) is 0 Å². The molecule has 2 atom stereocenters. The molecule has 29 heavy (non-hydrogen) atoms. The molecule has 0 aliphatic carbocycles. The zero-order valence-electron chi connectivity index (χ0n) is 15.8. The van der Waals surface area contributed by atoms with E-state index in [2.05, 4.69) is 14.9 Å². The van der Waals surface area contributed by atoms with Crippen molar-refractivity contribution in [3.8, 4) is 21.8 Å². The van der Waals surface area contributed by atoms with Crippen molar-refractivity contribution < 1.29 is 9.13 Å². The van der Waals surface area contributed by atoms with Gasteiger partial charge in [-0.05, 0) is 37.3 Å². The lowest BCUT2D eigenvalue weighted by atomic mass is 10.1. The van der Waals surface area contributed by atoms with Crippen molar-refractivity contribution in [1.82, 2.24) is 15.0 Å². The highest BCUT2D eigenvalue weighted by atomic mass is 32.2. The van der Waals surface area contributed by atoms with Crippen molar-refractivity contribution in [3.05, 3.63) is 36.3 Å². The molecule has 2 unspecified atom stereocenters. The number of hydrogen-bond donors (Lipinski definition) is 1. The number of nitrogen functional groups attached to an aromatic ring is 1. The van der Waals surface area contributed by atoms with Crippen molar-refractivity contribution in [2.45, 2.75) is 30.1 Å². The summed E-state index contributed by atoms with van der Waals surface area (Å²) >= 11 is 3.02. The van der Waals surface area contributed by atoms with E-state index >= 15 is 0 Å². The van der Waals surface area contributed by atoms with Crippen LogP contribution in [-0.4, -0.2) is 46.5 Å². The molecule has 0 spiro atoms. The number of morpholine rings is 1. The fourth-order valence-electron chi connectivity index (χ4n) is 4.01. The summed E-state index contributed by atoms with van der Waals surface area (Å²) in [5.41, 5.74) is 7.67. The first-order chi connectivity index (χ1) is 14.2. The number of nitrogens with two attached hydrogens (primary N) is 1. The Morgan fingerprint density at radius 1 is 1.21 bits per heavy atom. The van der Waals surface area contributed by atoms with Gasteiger partial charge in [0, 0.05) is 11.8 Å². The molecule has 4 heterocycles. The molecule has 2 saturated heterocycles. The minimum atomic E-state index is -0.449.